The molecule has 32 heavy (non-hydrogen) atoms. The van der Waals surface area contributed by atoms with E-state index in [1.807, 2.05) is 19.9 Å². The Morgan fingerprint density at radius 3 is 2.19 bits per heavy atom. The van der Waals surface area contributed by atoms with Crippen LogP contribution >= 0.6 is 0 Å². The average Bonchev–Trinajstić information content (AvgIpc) is 2.75. The Morgan fingerprint density at radius 1 is 0.906 bits per heavy atom. The quantitative estimate of drug-likeness (QED) is 0.520. The average molecular weight is 453 g/mol. The molecule has 3 rings (SSSR count). The number of rotatable bonds is 8. The van der Waals surface area contributed by atoms with E-state index in [-0.39, 0.29) is 23.5 Å². The van der Waals surface area contributed by atoms with Crippen molar-refractivity contribution in [2.45, 2.75) is 38.6 Å². The fraction of sp³-hybridized carbons (Fsp3) is 0.240. The maximum atomic E-state index is 12.5. The number of aryl methyl sites for hydroxylation is 3. The Morgan fingerprint density at radius 2 is 1.53 bits per heavy atom. The van der Waals surface area contributed by atoms with Gasteiger partial charge < -0.3 is 10.1 Å². The summed E-state index contributed by atoms with van der Waals surface area (Å²) in [5.41, 5.74) is 5.08. The minimum absolute atomic E-state index is 0.108. The third-order valence-electron chi connectivity index (χ3n) is 5.26. The summed E-state index contributed by atoms with van der Waals surface area (Å²) < 4.78 is 33.0. The third kappa shape index (κ3) is 5.88. The maximum Gasteiger partial charge on any atom is 0.261 e. The molecule has 6 nitrogen and oxygen atoms in total. The van der Waals surface area contributed by atoms with E-state index in [4.69, 9.17) is 4.74 Å². The van der Waals surface area contributed by atoms with Crippen LogP contribution in [0.4, 0.5) is 5.69 Å². The van der Waals surface area contributed by atoms with Gasteiger partial charge in [-0.15, -0.1) is 0 Å². The first kappa shape index (κ1) is 23.3. The van der Waals surface area contributed by atoms with Crippen molar-refractivity contribution in [3.05, 3.63) is 89.0 Å². The number of carbonyl (C=O) groups is 1. The first-order valence-corrected chi connectivity index (χ1v) is 11.8. The van der Waals surface area contributed by atoms with Crippen LogP contribution in [0.5, 0.6) is 5.75 Å². The number of para-hydroxylation sites is 1. The second-order valence-corrected chi connectivity index (χ2v) is 9.50. The molecular formula is C25H28N2O4S. The number of carbonyl (C=O) groups excluding carboxylic acids is 1. The fourth-order valence-corrected chi connectivity index (χ4v) is 4.45. The van der Waals surface area contributed by atoms with Crippen LogP contribution in [0.2, 0.25) is 0 Å². The number of ether oxygens (including phenoxy) is 1. The standard InChI is InChI=1S/C25H28N2O4S/c1-17-14-19(3)24(15-18(17)2)20(4)26-25(28)16-31-22-10-12-23(13-11-22)32(29,30)27-21-8-6-5-7-9-21/h5-15,20,27H,16H2,1-4H3,(H,26,28)/t20-/m0/s1. The van der Waals surface area contributed by atoms with Gasteiger partial charge in [-0.25, -0.2) is 8.42 Å². The summed E-state index contributed by atoms with van der Waals surface area (Å²) in [6, 6.07) is 18.7. The molecule has 0 heterocycles. The van der Waals surface area contributed by atoms with Crippen molar-refractivity contribution in [3.63, 3.8) is 0 Å². The van der Waals surface area contributed by atoms with Gasteiger partial charge in [0.15, 0.2) is 6.61 Å². The lowest BCUT2D eigenvalue weighted by atomic mass is 9.96. The van der Waals surface area contributed by atoms with Gasteiger partial charge in [-0.3, -0.25) is 9.52 Å². The molecule has 3 aromatic carbocycles. The minimum atomic E-state index is -3.70. The van der Waals surface area contributed by atoms with Crippen LogP contribution < -0.4 is 14.8 Å². The van der Waals surface area contributed by atoms with E-state index in [1.165, 1.54) is 35.4 Å². The first-order chi connectivity index (χ1) is 15.2. The summed E-state index contributed by atoms with van der Waals surface area (Å²) in [7, 11) is -3.70. The molecule has 0 aliphatic rings. The molecule has 1 atom stereocenters. The second kappa shape index (κ2) is 9.87. The minimum Gasteiger partial charge on any atom is -0.484 e. The molecule has 7 heteroatoms. The van der Waals surface area contributed by atoms with E-state index in [9.17, 15) is 13.2 Å². The summed E-state index contributed by atoms with van der Waals surface area (Å²) in [5, 5.41) is 2.95. The lowest BCUT2D eigenvalue weighted by Gasteiger charge is -2.18. The molecule has 0 aliphatic heterocycles. The Labute approximate surface area is 189 Å². The molecule has 0 saturated carbocycles. The number of benzene rings is 3. The highest BCUT2D eigenvalue weighted by Gasteiger charge is 2.15. The third-order valence-corrected chi connectivity index (χ3v) is 6.65. The predicted octanol–water partition coefficient (Wildman–Crippen LogP) is 4.67. The normalized spacial score (nSPS) is 12.1. The van der Waals surface area contributed by atoms with Gasteiger partial charge in [0.2, 0.25) is 0 Å². The van der Waals surface area contributed by atoms with Crippen LogP contribution in [0.3, 0.4) is 0 Å². The summed E-state index contributed by atoms with van der Waals surface area (Å²) in [6.45, 7) is 7.92. The first-order valence-electron chi connectivity index (χ1n) is 10.3. The van der Waals surface area contributed by atoms with Crippen molar-refractivity contribution < 1.29 is 17.9 Å². The second-order valence-electron chi connectivity index (χ2n) is 7.81. The highest BCUT2D eigenvalue weighted by Crippen LogP contribution is 2.22. The SMILES string of the molecule is Cc1cc(C)c([C@H](C)NC(=O)COc2ccc(S(=O)(=O)Nc3ccccc3)cc2)cc1C. The molecule has 2 N–H and O–H groups in total. The number of hydrogen-bond acceptors (Lipinski definition) is 4. The van der Waals surface area contributed by atoms with Crippen molar-refractivity contribution in [2.75, 3.05) is 11.3 Å². The molecule has 0 spiro atoms. The van der Waals surface area contributed by atoms with Crippen molar-refractivity contribution in [1.29, 1.82) is 0 Å². The van der Waals surface area contributed by atoms with Gasteiger partial charge in [-0.1, -0.05) is 30.3 Å². The van der Waals surface area contributed by atoms with E-state index < -0.39 is 10.0 Å². The van der Waals surface area contributed by atoms with Crippen molar-refractivity contribution in [3.8, 4) is 5.75 Å². The predicted molar refractivity (Wildman–Crippen MR) is 126 cm³/mol. The van der Waals surface area contributed by atoms with Gasteiger partial charge in [0.25, 0.3) is 15.9 Å². The molecule has 1 amide bonds. The lowest BCUT2D eigenvalue weighted by molar-refractivity contribution is -0.123. The molecule has 0 bridgehead atoms. The molecule has 0 aromatic heterocycles. The largest absolute Gasteiger partial charge is 0.484 e. The van der Waals surface area contributed by atoms with Crippen molar-refractivity contribution in [1.82, 2.24) is 5.32 Å². The number of hydrogen-bond donors (Lipinski definition) is 2. The molecular weight excluding hydrogens is 424 g/mol. The monoisotopic (exact) mass is 452 g/mol. The van der Waals surface area contributed by atoms with E-state index in [2.05, 4.69) is 36.0 Å². The number of anilines is 1. The zero-order valence-electron chi connectivity index (χ0n) is 18.7. The van der Waals surface area contributed by atoms with Crippen LogP contribution in [0, 0.1) is 20.8 Å². The summed E-state index contributed by atoms with van der Waals surface area (Å²) in [4.78, 5) is 12.5. The van der Waals surface area contributed by atoms with Gasteiger partial charge in [0.05, 0.1) is 10.9 Å². The molecule has 168 valence electrons. The number of sulfonamides is 1. The highest BCUT2D eigenvalue weighted by atomic mass is 32.2. The van der Waals surface area contributed by atoms with Crippen LogP contribution in [0.15, 0.2) is 71.6 Å². The Balaban J connectivity index is 1.57. The summed E-state index contributed by atoms with van der Waals surface area (Å²) in [5.74, 6) is 0.159. The Hall–Kier alpha value is -3.32. The fourth-order valence-electron chi connectivity index (χ4n) is 3.39. The van der Waals surface area contributed by atoms with E-state index in [0.29, 0.717) is 11.4 Å². The topological polar surface area (TPSA) is 84.5 Å². The van der Waals surface area contributed by atoms with E-state index >= 15 is 0 Å². The lowest BCUT2D eigenvalue weighted by Crippen LogP contribution is -2.31. The molecule has 0 fully saturated rings. The smallest absolute Gasteiger partial charge is 0.261 e. The van der Waals surface area contributed by atoms with E-state index in [1.54, 1.807) is 24.3 Å². The van der Waals surface area contributed by atoms with Crippen molar-refractivity contribution in [2.24, 2.45) is 0 Å². The summed E-state index contributed by atoms with van der Waals surface area (Å²) >= 11 is 0. The van der Waals surface area contributed by atoms with Gasteiger partial charge in [-0.05, 0) is 86.3 Å². The summed E-state index contributed by atoms with van der Waals surface area (Å²) in [6.07, 6.45) is 0. The number of amides is 1. The zero-order chi connectivity index (χ0) is 23.3. The Bertz CT molecular complexity index is 1190. The maximum absolute atomic E-state index is 12.5. The molecule has 0 unspecified atom stereocenters. The van der Waals surface area contributed by atoms with Crippen LogP contribution in [-0.2, 0) is 14.8 Å². The molecule has 0 aliphatic carbocycles. The van der Waals surface area contributed by atoms with Gasteiger partial charge in [0.1, 0.15) is 5.75 Å². The van der Waals surface area contributed by atoms with Crippen LogP contribution in [-0.4, -0.2) is 20.9 Å². The number of nitrogens with one attached hydrogen (secondary N) is 2. The van der Waals surface area contributed by atoms with Gasteiger partial charge >= 0.3 is 0 Å². The van der Waals surface area contributed by atoms with Crippen LogP contribution in [0.25, 0.3) is 0 Å². The van der Waals surface area contributed by atoms with Crippen molar-refractivity contribution >= 4 is 21.6 Å². The highest BCUT2D eigenvalue weighted by molar-refractivity contribution is 7.92. The zero-order valence-corrected chi connectivity index (χ0v) is 19.5. The molecule has 0 saturated heterocycles. The van der Waals surface area contributed by atoms with E-state index in [0.717, 1.165) is 11.1 Å². The van der Waals surface area contributed by atoms with Crippen LogP contribution in [0.1, 0.15) is 35.2 Å². The van der Waals surface area contributed by atoms with Gasteiger partial charge in [0, 0.05) is 5.69 Å². The Kier molecular flexibility index (Phi) is 7.20. The molecule has 0 radical (unpaired) electrons. The molecule has 3 aromatic rings. The van der Waals surface area contributed by atoms with Gasteiger partial charge in [-0.2, -0.15) is 0 Å².